The van der Waals surface area contributed by atoms with Crippen LogP contribution in [0.3, 0.4) is 0 Å². The molecule has 27 heavy (non-hydrogen) atoms. The Labute approximate surface area is 156 Å². The first-order valence-corrected chi connectivity index (χ1v) is 8.85. The Morgan fingerprint density at radius 2 is 2.11 bits per heavy atom. The lowest BCUT2D eigenvalue weighted by Crippen LogP contribution is -2.32. The van der Waals surface area contributed by atoms with Crippen molar-refractivity contribution >= 4 is 11.8 Å². The molecule has 0 aliphatic carbocycles. The molecule has 4 rings (SSSR count). The van der Waals surface area contributed by atoms with Gasteiger partial charge in [-0.05, 0) is 29.3 Å². The molecule has 1 unspecified atom stereocenters. The maximum atomic E-state index is 12.4. The van der Waals surface area contributed by atoms with E-state index >= 15 is 0 Å². The van der Waals surface area contributed by atoms with E-state index in [0.29, 0.717) is 19.6 Å². The minimum absolute atomic E-state index is 0.0181. The zero-order valence-corrected chi connectivity index (χ0v) is 14.7. The number of furan rings is 1. The average molecular weight is 364 g/mol. The van der Waals surface area contributed by atoms with Gasteiger partial charge in [-0.15, -0.1) is 0 Å². The third-order valence-corrected chi connectivity index (χ3v) is 4.74. The Bertz CT molecular complexity index is 901. The number of likely N-dealkylation sites (tertiary alicyclic amines) is 1. The van der Waals surface area contributed by atoms with Crippen molar-refractivity contribution in [2.24, 2.45) is 5.92 Å². The molecule has 3 heterocycles. The quantitative estimate of drug-likeness (QED) is 0.702. The molecule has 2 amide bonds. The van der Waals surface area contributed by atoms with Crippen molar-refractivity contribution in [3.05, 3.63) is 66.2 Å². The van der Waals surface area contributed by atoms with Gasteiger partial charge < -0.3 is 14.6 Å². The monoisotopic (exact) mass is 364 g/mol. The van der Waals surface area contributed by atoms with Crippen LogP contribution in [-0.2, 0) is 22.7 Å². The molecule has 2 N–H and O–H groups in total. The topological polar surface area (TPSA) is 91.2 Å². The van der Waals surface area contributed by atoms with Gasteiger partial charge in [-0.2, -0.15) is 5.10 Å². The van der Waals surface area contributed by atoms with Crippen LogP contribution in [0.25, 0.3) is 11.3 Å². The molecule has 2 aromatic heterocycles. The van der Waals surface area contributed by atoms with E-state index in [1.54, 1.807) is 23.4 Å². The fourth-order valence-corrected chi connectivity index (χ4v) is 3.24. The molecule has 1 aliphatic heterocycles. The van der Waals surface area contributed by atoms with Crippen LogP contribution in [0.1, 0.15) is 17.7 Å². The van der Waals surface area contributed by atoms with Crippen LogP contribution in [0, 0.1) is 5.92 Å². The number of carbonyl (C=O) groups is 2. The van der Waals surface area contributed by atoms with Gasteiger partial charge in [-0.25, -0.2) is 0 Å². The number of rotatable bonds is 6. The van der Waals surface area contributed by atoms with Gasteiger partial charge in [-0.1, -0.05) is 24.3 Å². The standard InChI is InChI=1S/C20H20N4O3/c25-19-10-16(12-24(19)13-17-2-1-9-27-17)20(26)21-11-14-3-5-15(6-4-14)18-7-8-22-23-18/h1-9,16H,10-13H2,(H,21,26)(H,22,23). The number of benzene rings is 1. The summed E-state index contributed by atoms with van der Waals surface area (Å²) in [7, 11) is 0. The summed E-state index contributed by atoms with van der Waals surface area (Å²) >= 11 is 0. The molecule has 0 bridgehead atoms. The van der Waals surface area contributed by atoms with Crippen molar-refractivity contribution in [1.82, 2.24) is 20.4 Å². The molecule has 0 saturated carbocycles. The van der Waals surface area contributed by atoms with Crippen LogP contribution >= 0.6 is 0 Å². The second-order valence-electron chi connectivity index (χ2n) is 6.64. The molecule has 3 aromatic rings. The third kappa shape index (κ3) is 3.92. The van der Waals surface area contributed by atoms with Gasteiger partial charge in [0.15, 0.2) is 0 Å². The molecule has 7 nitrogen and oxygen atoms in total. The highest BCUT2D eigenvalue weighted by atomic mass is 16.3. The van der Waals surface area contributed by atoms with E-state index in [1.165, 1.54) is 0 Å². The number of aromatic nitrogens is 2. The first-order chi connectivity index (χ1) is 13.2. The summed E-state index contributed by atoms with van der Waals surface area (Å²) in [5.74, 6) is 0.289. The lowest BCUT2D eigenvalue weighted by Gasteiger charge is -2.15. The van der Waals surface area contributed by atoms with Crippen molar-refractivity contribution in [3.63, 3.8) is 0 Å². The number of hydrogen-bond acceptors (Lipinski definition) is 4. The van der Waals surface area contributed by atoms with Crippen LogP contribution in [-0.4, -0.2) is 33.5 Å². The van der Waals surface area contributed by atoms with E-state index < -0.39 is 0 Å². The summed E-state index contributed by atoms with van der Waals surface area (Å²) in [6.45, 7) is 1.26. The van der Waals surface area contributed by atoms with Crippen molar-refractivity contribution in [3.8, 4) is 11.3 Å². The average Bonchev–Trinajstić information content (AvgIpc) is 3.44. The second-order valence-corrected chi connectivity index (χ2v) is 6.64. The summed E-state index contributed by atoms with van der Waals surface area (Å²) in [4.78, 5) is 26.2. The van der Waals surface area contributed by atoms with Crippen molar-refractivity contribution < 1.29 is 14.0 Å². The normalized spacial score (nSPS) is 16.7. The van der Waals surface area contributed by atoms with E-state index in [0.717, 1.165) is 22.6 Å². The van der Waals surface area contributed by atoms with E-state index in [1.807, 2.05) is 36.4 Å². The zero-order valence-electron chi connectivity index (χ0n) is 14.7. The number of nitrogens with one attached hydrogen (secondary N) is 2. The van der Waals surface area contributed by atoms with Crippen molar-refractivity contribution in [2.75, 3.05) is 6.54 Å². The molecular weight excluding hydrogens is 344 g/mol. The number of aromatic amines is 1. The lowest BCUT2D eigenvalue weighted by atomic mass is 10.1. The van der Waals surface area contributed by atoms with Crippen LogP contribution in [0.2, 0.25) is 0 Å². The Kier molecular flexibility index (Phi) is 4.74. The van der Waals surface area contributed by atoms with Gasteiger partial charge in [0, 0.05) is 25.7 Å². The molecular formula is C20H20N4O3. The lowest BCUT2D eigenvalue weighted by molar-refractivity contribution is -0.129. The van der Waals surface area contributed by atoms with Gasteiger partial charge in [-0.3, -0.25) is 14.7 Å². The molecule has 7 heteroatoms. The van der Waals surface area contributed by atoms with Crippen LogP contribution < -0.4 is 5.32 Å². The van der Waals surface area contributed by atoms with E-state index in [-0.39, 0.29) is 24.2 Å². The molecule has 1 atom stereocenters. The number of carbonyl (C=O) groups excluding carboxylic acids is 2. The van der Waals surface area contributed by atoms with Gasteiger partial charge in [0.05, 0.1) is 24.4 Å². The van der Waals surface area contributed by atoms with E-state index in [9.17, 15) is 9.59 Å². The fraction of sp³-hybridized carbons (Fsp3) is 0.250. The third-order valence-electron chi connectivity index (χ3n) is 4.74. The summed E-state index contributed by atoms with van der Waals surface area (Å²) in [6.07, 6.45) is 3.53. The predicted octanol–water partition coefficient (Wildman–Crippen LogP) is 2.33. The van der Waals surface area contributed by atoms with Gasteiger partial charge >= 0.3 is 0 Å². The second kappa shape index (κ2) is 7.49. The minimum Gasteiger partial charge on any atom is -0.467 e. The minimum atomic E-state index is -0.322. The zero-order chi connectivity index (χ0) is 18.6. The van der Waals surface area contributed by atoms with Gasteiger partial charge in [0.25, 0.3) is 0 Å². The maximum absolute atomic E-state index is 12.4. The summed E-state index contributed by atoms with van der Waals surface area (Å²) in [6, 6.07) is 13.4. The molecule has 1 fully saturated rings. The van der Waals surface area contributed by atoms with Crippen molar-refractivity contribution in [2.45, 2.75) is 19.5 Å². The molecule has 0 radical (unpaired) electrons. The largest absolute Gasteiger partial charge is 0.467 e. The molecule has 138 valence electrons. The predicted molar refractivity (Wildman–Crippen MR) is 98.1 cm³/mol. The SMILES string of the molecule is O=C(NCc1ccc(-c2ccn[nH]2)cc1)C1CC(=O)N(Cc2ccco2)C1. The van der Waals surface area contributed by atoms with Gasteiger partial charge in [0.2, 0.25) is 11.8 Å². The molecule has 1 aliphatic rings. The number of amides is 2. The maximum Gasteiger partial charge on any atom is 0.225 e. The smallest absolute Gasteiger partial charge is 0.225 e. The molecule has 1 saturated heterocycles. The summed E-state index contributed by atoms with van der Waals surface area (Å²) in [5.41, 5.74) is 2.99. The highest BCUT2D eigenvalue weighted by Crippen LogP contribution is 2.21. The molecule has 1 aromatic carbocycles. The van der Waals surface area contributed by atoms with E-state index in [2.05, 4.69) is 15.5 Å². The Hall–Kier alpha value is -3.35. The summed E-state index contributed by atoms with van der Waals surface area (Å²) in [5, 5.41) is 9.80. The van der Waals surface area contributed by atoms with Gasteiger partial charge in [0.1, 0.15) is 5.76 Å². The summed E-state index contributed by atoms with van der Waals surface area (Å²) < 4.78 is 5.28. The Morgan fingerprint density at radius 3 is 2.81 bits per heavy atom. The first kappa shape index (κ1) is 17.1. The van der Waals surface area contributed by atoms with Crippen LogP contribution in [0.15, 0.2) is 59.3 Å². The van der Waals surface area contributed by atoms with Crippen LogP contribution in [0.4, 0.5) is 0 Å². The van der Waals surface area contributed by atoms with Crippen LogP contribution in [0.5, 0.6) is 0 Å². The number of nitrogens with zero attached hydrogens (tertiary/aromatic N) is 2. The van der Waals surface area contributed by atoms with E-state index in [4.69, 9.17) is 4.42 Å². The highest BCUT2D eigenvalue weighted by molar-refractivity contribution is 5.89. The fourth-order valence-electron chi connectivity index (χ4n) is 3.24. The van der Waals surface area contributed by atoms with Crippen molar-refractivity contribution in [1.29, 1.82) is 0 Å². The number of hydrogen-bond donors (Lipinski definition) is 2. The Balaban J connectivity index is 1.30. The Morgan fingerprint density at radius 1 is 1.26 bits per heavy atom. The number of H-pyrrole nitrogens is 1. The first-order valence-electron chi connectivity index (χ1n) is 8.85. The highest BCUT2D eigenvalue weighted by Gasteiger charge is 2.34. The molecule has 0 spiro atoms.